The van der Waals surface area contributed by atoms with E-state index in [0.717, 1.165) is 5.56 Å². The number of carbonyl (C=O) groups excluding carboxylic acids is 1. The van der Waals surface area contributed by atoms with E-state index in [-0.39, 0.29) is 30.7 Å². The Kier molecular flexibility index (Phi) is 5.38. The molecular formula is C22H16FNO5. The van der Waals surface area contributed by atoms with E-state index in [2.05, 4.69) is 4.98 Å². The second-order valence-electron chi connectivity index (χ2n) is 6.07. The van der Waals surface area contributed by atoms with Crippen LogP contribution in [0, 0.1) is 5.82 Å². The molecule has 2 aromatic carbocycles. The third-order valence-corrected chi connectivity index (χ3v) is 4.00. The van der Waals surface area contributed by atoms with Crippen molar-refractivity contribution in [3.05, 3.63) is 96.2 Å². The Morgan fingerprint density at radius 2 is 1.72 bits per heavy atom. The van der Waals surface area contributed by atoms with Gasteiger partial charge in [0.05, 0.1) is 6.20 Å². The fourth-order valence-corrected chi connectivity index (χ4v) is 2.56. The highest BCUT2D eigenvalue weighted by Gasteiger charge is 2.15. The Bertz CT molecular complexity index is 1090. The lowest BCUT2D eigenvalue weighted by Gasteiger charge is -2.03. The Morgan fingerprint density at radius 3 is 2.52 bits per heavy atom. The van der Waals surface area contributed by atoms with E-state index in [1.165, 1.54) is 30.3 Å². The minimum absolute atomic E-state index is 0.0394. The quantitative estimate of drug-likeness (QED) is 0.411. The zero-order valence-electron chi connectivity index (χ0n) is 15.2. The molecule has 0 spiro atoms. The van der Waals surface area contributed by atoms with E-state index in [1.54, 1.807) is 12.3 Å². The van der Waals surface area contributed by atoms with Gasteiger partial charge in [0.15, 0.2) is 12.4 Å². The first-order valence-electron chi connectivity index (χ1n) is 8.82. The van der Waals surface area contributed by atoms with Crippen molar-refractivity contribution in [2.24, 2.45) is 0 Å². The van der Waals surface area contributed by atoms with Crippen molar-refractivity contribution in [1.29, 1.82) is 0 Å². The summed E-state index contributed by atoms with van der Waals surface area (Å²) in [4.78, 5) is 16.3. The van der Waals surface area contributed by atoms with Gasteiger partial charge < -0.3 is 18.3 Å². The molecule has 2 heterocycles. The molecule has 0 aliphatic rings. The van der Waals surface area contributed by atoms with Gasteiger partial charge in [0, 0.05) is 5.56 Å². The van der Waals surface area contributed by atoms with Gasteiger partial charge in [0.1, 0.15) is 23.9 Å². The average molecular weight is 393 g/mol. The SMILES string of the molecule is O=C(OCc1ncc(-c2ccccc2)o1)c1ccc(COc2ccc(F)cc2)o1. The maximum absolute atomic E-state index is 12.9. The third kappa shape index (κ3) is 4.70. The molecule has 0 aliphatic heterocycles. The summed E-state index contributed by atoms with van der Waals surface area (Å²) in [5.41, 5.74) is 0.884. The van der Waals surface area contributed by atoms with Crippen LogP contribution in [0.5, 0.6) is 5.75 Å². The van der Waals surface area contributed by atoms with Crippen molar-refractivity contribution in [2.75, 3.05) is 0 Å². The molecule has 4 rings (SSSR count). The summed E-state index contributed by atoms with van der Waals surface area (Å²) < 4.78 is 34.6. The normalized spacial score (nSPS) is 10.7. The molecule has 0 atom stereocenters. The van der Waals surface area contributed by atoms with Crippen molar-refractivity contribution < 1.29 is 27.5 Å². The molecule has 146 valence electrons. The fourth-order valence-electron chi connectivity index (χ4n) is 2.56. The Morgan fingerprint density at radius 1 is 0.931 bits per heavy atom. The first-order chi connectivity index (χ1) is 14.2. The Hall–Kier alpha value is -3.87. The lowest BCUT2D eigenvalue weighted by atomic mass is 10.2. The number of rotatable bonds is 7. The number of benzene rings is 2. The predicted molar refractivity (Wildman–Crippen MR) is 100 cm³/mol. The molecule has 0 radical (unpaired) electrons. The molecule has 0 N–H and O–H groups in total. The van der Waals surface area contributed by atoms with E-state index in [9.17, 15) is 9.18 Å². The molecule has 0 saturated carbocycles. The monoisotopic (exact) mass is 393 g/mol. The van der Waals surface area contributed by atoms with Crippen LogP contribution in [0.2, 0.25) is 0 Å². The lowest BCUT2D eigenvalue weighted by Crippen LogP contribution is -2.04. The van der Waals surface area contributed by atoms with Gasteiger partial charge in [-0.3, -0.25) is 0 Å². The summed E-state index contributed by atoms with van der Waals surface area (Å²) in [5.74, 6) is 0.852. The first kappa shape index (κ1) is 18.5. The zero-order valence-corrected chi connectivity index (χ0v) is 15.2. The Labute approximate surface area is 165 Å². The van der Waals surface area contributed by atoms with Crippen molar-refractivity contribution in [1.82, 2.24) is 4.98 Å². The zero-order chi connectivity index (χ0) is 20.1. The lowest BCUT2D eigenvalue weighted by molar-refractivity contribution is 0.0399. The standard InChI is InChI=1S/C22H16FNO5/c23-16-6-8-17(9-7-16)26-13-18-10-11-19(28-18)22(25)27-14-21-24-12-20(29-21)15-4-2-1-3-5-15/h1-12H,13-14H2. The minimum Gasteiger partial charge on any atom is -0.486 e. The van der Waals surface area contributed by atoms with Gasteiger partial charge in [-0.15, -0.1) is 0 Å². The predicted octanol–water partition coefficient (Wildman–Crippen LogP) is 5.01. The van der Waals surface area contributed by atoms with Crippen LogP contribution in [0.1, 0.15) is 22.2 Å². The van der Waals surface area contributed by atoms with Crippen LogP contribution in [-0.4, -0.2) is 11.0 Å². The molecule has 0 amide bonds. The number of halogens is 1. The average Bonchev–Trinajstić information content (AvgIpc) is 3.42. The number of oxazole rings is 1. The highest BCUT2D eigenvalue weighted by Crippen LogP contribution is 2.20. The highest BCUT2D eigenvalue weighted by atomic mass is 19.1. The van der Waals surface area contributed by atoms with Crippen molar-refractivity contribution >= 4 is 5.97 Å². The topological polar surface area (TPSA) is 74.7 Å². The number of hydrogen-bond acceptors (Lipinski definition) is 6. The number of carbonyl (C=O) groups is 1. The van der Waals surface area contributed by atoms with Gasteiger partial charge in [-0.1, -0.05) is 30.3 Å². The van der Waals surface area contributed by atoms with E-state index in [4.69, 9.17) is 18.3 Å². The second-order valence-corrected chi connectivity index (χ2v) is 6.07. The summed E-state index contributed by atoms with van der Waals surface area (Å²) >= 11 is 0. The maximum atomic E-state index is 12.9. The van der Waals surface area contributed by atoms with Crippen LogP contribution in [-0.2, 0) is 18.0 Å². The minimum atomic E-state index is -0.641. The fraction of sp³-hybridized carbons (Fsp3) is 0.0909. The van der Waals surface area contributed by atoms with Gasteiger partial charge in [0.2, 0.25) is 11.7 Å². The van der Waals surface area contributed by atoms with Gasteiger partial charge in [-0.05, 0) is 36.4 Å². The third-order valence-electron chi connectivity index (χ3n) is 4.00. The summed E-state index contributed by atoms with van der Waals surface area (Å²) in [6.45, 7) is -0.0210. The van der Waals surface area contributed by atoms with E-state index in [0.29, 0.717) is 17.3 Å². The molecule has 0 saturated heterocycles. The van der Waals surface area contributed by atoms with Gasteiger partial charge >= 0.3 is 5.97 Å². The van der Waals surface area contributed by atoms with E-state index < -0.39 is 5.97 Å². The van der Waals surface area contributed by atoms with Crippen LogP contribution >= 0.6 is 0 Å². The van der Waals surface area contributed by atoms with E-state index in [1.807, 2.05) is 30.3 Å². The number of ether oxygens (including phenoxy) is 2. The van der Waals surface area contributed by atoms with E-state index >= 15 is 0 Å². The molecule has 29 heavy (non-hydrogen) atoms. The van der Waals surface area contributed by atoms with Gasteiger partial charge in [0.25, 0.3) is 0 Å². The molecule has 4 aromatic rings. The van der Waals surface area contributed by atoms with Gasteiger partial charge in [-0.25, -0.2) is 14.2 Å². The molecular weight excluding hydrogens is 377 g/mol. The number of furan rings is 1. The van der Waals surface area contributed by atoms with Crippen LogP contribution in [0.25, 0.3) is 11.3 Å². The summed E-state index contributed by atoms with van der Waals surface area (Å²) in [6, 6.07) is 18.2. The largest absolute Gasteiger partial charge is 0.486 e. The summed E-state index contributed by atoms with van der Waals surface area (Å²) in [6.07, 6.45) is 1.58. The highest BCUT2D eigenvalue weighted by molar-refractivity contribution is 5.86. The number of hydrogen-bond donors (Lipinski definition) is 0. The number of esters is 1. The molecule has 2 aromatic heterocycles. The summed E-state index contributed by atoms with van der Waals surface area (Å²) in [5, 5.41) is 0. The molecule has 0 fully saturated rings. The first-order valence-corrected chi connectivity index (χ1v) is 8.82. The van der Waals surface area contributed by atoms with Crippen LogP contribution in [0.3, 0.4) is 0 Å². The van der Waals surface area contributed by atoms with Crippen LogP contribution in [0.15, 0.2) is 81.8 Å². The van der Waals surface area contributed by atoms with Crippen LogP contribution in [0.4, 0.5) is 4.39 Å². The second kappa shape index (κ2) is 8.43. The van der Waals surface area contributed by atoms with Crippen molar-refractivity contribution in [3.63, 3.8) is 0 Å². The molecule has 6 nitrogen and oxygen atoms in total. The smallest absolute Gasteiger partial charge is 0.374 e. The molecule has 0 aliphatic carbocycles. The van der Waals surface area contributed by atoms with Crippen LogP contribution < -0.4 is 4.74 Å². The van der Waals surface area contributed by atoms with Crippen molar-refractivity contribution in [3.8, 4) is 17.1 Å². The number of aromatic nitrogens is 1. The number of nitrogens with zero attached hydrogens (tertiary/aromatic N) is 1. The molecule has 0 bridgehead atoms. The summed E-state index contributed by atoms with van der Waals surface area (Å²) in [7, 11) is 0. The van der Waals surface area contributed by atoms with Crippen molar-refractivity contribution in [2.45, 2.75) is 13.2 Å². The molecule has 0 unspecified atom stereocenters. The maximum Gasteiger partial charge on any atom is 0.374 e. The van der Waals surface area contributed by atoms with Gasteiger partial charge in [-0.2, -0.15) is 0 Å². The Balaban J connectivity index is 1.30. The molecule has 7 heteroatoms.